The summed E-state index contributed by atoms with van der Waals surface area (Å²) in [4.78, 5) is 8.73. The molecule has 0 unspecified atom stereocenters. The van der Waals surface area contributed by atoms with Gasteiger partial charge in [-0.25, -0.2) is 0 Å². The molecule has 0 aliphatic rings. The van der Waals surface area contributed by atoms with E-state index < -0.39 is 16.1 Å². The molecular formula is C16H28N6O2Si2. The summed E-state index contributed by atoms with van der Waals surface area (Å²) >= 11 is 0. The minimum atomic E-state index is -1.17. The molecule has 26 heavy (non-hydrogen) atoms. The lowest BCUT2D eigenvalue weighted by Crippen LogP contribution is -2.23. The fourth-order valence-electron chi connectivity index (χ4n) is 1.84. The zero-order valence-electron chi connectivity index (χ0n) is 16.5. The Morgan fingerprint density at radius 3 is 1.42 bits per heavy atom. The van der Waals surface area contributed by atoms with Gasteiger partial charge < -0.3 is 9.47 Å². The van der Waals surface area contributed by atoms with Crippen molar-refractivity contribution in [2.24, 2.45) is 0 Å². The highest BCUT2D eigenvalue weighted by Crippen LogP contribution is 2.17. The Morgan fingerprint density at radius 2 is 1.08 bits per heavy atom. The van der Waals surface area contributed by atoms with Gasteiger partial charge in [0.2, 0.25) is 0 Å². The van der Waals surface area contributed by atoms with Crippen molar-refractivity contribution < 1.29 is 9.47 Å². The summed E-state index contributed by atoms with van der Waals surface area (Å²) in [7, 11) is -2.34. The predicted molar refractivity (Wildman–Crippen MR) is 106 cm³/mol. The van der Waals surface area contributed by atoms with Crippen LogP contribution in [-0.2, 0) is 0 Å². The summed E-state index contributed by atoms with van der Waals surface area (Å²) in [5.74, 6) is 0. The van der Waals surface area contributed by atoms with Crippen molar-refractivity contribution in [2.45, 2.75) is 51.4 Å². The SMILES string of the molecule is C[Si](C)(C)CCOc1nncc(-c2cnnc(OCC[Si](C)(C)C)n2)n1. The monoisotopic (exact) mass is 392 g/mol. The summed E-state index contributed by atoms with van der Waals surface area (Å²) in [5, 5.41) is 15.8. The Balaban J connectivity index is 2.02. The van der Waals surface area contributed by atoms with E-state index in [1.165, 1.54) is 12.4 Å². The Morgan fingerprint density at radius 1 is 0.692 bits per heavy atom. The summed E-state index contributed by atoms with van der Waals surface area (Å²) in [6.45, 7) is 14.9. The van der Waals surface area contributed by atoms with E-state index in [1.54, 1.807) is 0 Å². The second-order valence-corrected chi connectivity index (χ2v) is 19.8. The molecule has 0 atom stereocenters. The van der Waals surface area contributed by atoms with Gasteiger partial charge in [0.15, 0.2) is 0 Å². The molecule has 0 aliphatic carbocycles. The second-order valence-electron chi connectivity index (χ2n) is 8.57. The van der Waals surface area contributed by atoms with Crippen LogP contribution in [0.25, 0.3) is 11.4 Å². The van der Waals surface area contributed by atoms with Gasteiger partial charge >= 0.3 is 12.0 Å². The predicted octanol–water partition coefficient (Wildman–Crippen LogP) is 3.16. The number of nitrogens with zero attached hydrogens (tertiary/aromatic N) is 6. The van der Waals surface area contributed by atoms with E-state index in [4.69, 9.17) is 9.47 Å². The van der Waals surface area contributed by atoms with Crippen molar-refractivity contribution in [3.63, 3.8) is 0 Å². The smallest absolute Gasteiger partial charge is 0.336 e. The van der Waals surface area contributed by atoms with E-state index in [9.17, 15) is 0 Å². The van der Waals surface area contributed by atoms with Crippen LogP contribution in [0, 0.1) is 0 Å². The molecule has 0 bridgehead atoms. The molecule has 10 heteroatoms. The number of ether oxygens (including phenoxy) is 2. The molecule has 2 heterocycles. The van der Waals surface area contributed by atoms with Gasteiger partial charge in [-0.2, -0.15) is 20.2 Å². The first-order valence-corrected chi connectivity index (χ1v) is 16.2. The maximum Gasteiger partial charge on any atom is 0.336 e. The third-order valence-corrected chi connectivity index (χ3v) is 6.92. The molecule has 2 aromatic heterocycles. The van der Waals surface area contributed by atoms with Crippen LogP contribution >= 0.6 is 0 Å². The van der Waals surface area contributed by atoms with Crippen molar-refractivity contribution >= 4 is 16.1 Å². The molecule has 2 aromatic rings. The molecule has 0 aromatic carbocycles. The van der Waals surface area contributed by atoms with Gasteiger partial charge in [-0.15, -0.1) is 0 Å². The Hall–Kier alpha value is -1.95. The van der Waals surface area contributed by atoms with Gasteiger partial charge in [0, 0.05) is 16.1 Å². The van der Waals surface area contributed by atoms with Crippen LogP contribution in [0.15, 0.2) is 12.4 Å². The highest BCUT2D eigenvalue weighted by atomic mass is 28.3. The van der Waals surface area contributed by atoms with Crippen molar-refractivity contribution in [3.05, 3.63) is 12.4 Å². The van der Waals surface area contributed by atoms with Crippen molar-refractivity contribution in [1.29, 1.82) is 0 Å². The number of rotatable bonds is 9. The molecule has 2 rings (SSSR count). The molecule has 0 saturated carbocycles. The number of hydrogen-bond donors (Lipinski definition) is 0. The molecule has 0 fully saturated rings. The first kappa shape index (κ1) is 20.4. The zero-order chi connectivity index (χ0) is 19.2. The van der Waals surface area contributed by atoms with Crippen molar-refractivity contribution in [3.8, 4) is 23.4 Å². The van der Waals surface area contributed by atoms with Crippen LogP contribution in [0.5, 0.6) is 12.0 Å². The summed E-state index contributed by atoms with van der Waals surface area (Å²) in [6, 6.07) is 2.57. The highest BCUT2D eigenvalue weighted by molar-refractivity contribution is 6.76. The molecule has 142 valence electrons. The fourth-order valence-corrected chi connectivity index (χ4v) is 3.27. The van der Waals surface area contributed by atoms with Crippen LogP contribution in [0.1, 0.15) is 0 Å². The molecule has 0 spiro atoms. The standard InChI is InChI=1S/C16H28N6O2Si2/c1-25(2,3)9-7-23-15-19-13(11-17-21-15)14-12-18-22-16(20-14)24-8-10-26(4,5)6/h11-12H,7-10H2,1-6H3. The van der Waals surface area contributed by atoms with Crippen LogP contribution in [0.2, 0.25) is 51.4 Å². The lowest BCUT2D eigenvalue weighted by Gasteiger charge is -2.15. The van der Waals surface area contributed by atoms with Crippen LogP contribution < -0.4 is 9.47 Å². The van der Waals surface area contributed by atoms with Gasteiger partial charge in [-0.3, -0.25) is 0 Å². The fraction of sp³-hybridized carbons (Fsp3) is 0.625. The first-order chi connectivity index (χ1) is 12.1. The second kappa shape index (κ2) is 8.63. The largest absolute Gasteiger partial charge is 0.463 e. The van der Waals surface area contributed by atoms with E-state index in [1.807, 2.05) is 0 Å². The van der Waals surface area contributed by atoms with E-state index >= 15 is 0 Å². The van der Waals surface area contributed by atoms with Gasteiger partial charge in [-0.1, -0.05) is 49.5 Å². The lowest BCUT2D eigenvalue weighted by atomic mass is 10.3. The summed E-state index contributed by atoms with van der Waals surface area (Å²) in [6.07, 6.45) is 3.06. The normalized spacial score (nSPS) is 12.1. The third-order valence-electron chi connectivity index (χ3n) is 3.51. The minimum Gasteiger partial charge on any atom is -0.463 e. The Bertz CT molecular complexity index is 657. The quantitative estimate of drug-likeness (QED) is 0.600. The Kier molecular flexibility index (Phi) is 6.76. The zero-order valence-corrected chi connectivity index (χ0v) is 18.5. The van der Waals surface area contributed by atoms with Gasteiger partial charge in [0.05, 0.1) is 25.6 Å². The molecule has 0 saturated heterocycles. The van der Waals surface area contributed by atoms with Gasteiger partial charge in [0.25, 0.3) is 0 Å². The topological polar surface area (TPSA) is 95.8 Å². The maximum atomic E-state index is 5.64. The van der Waals surface area contributed by atoms with Crippen molar-refractivity contribution in [1.82, 2.24) is 30.4 Å². The number of hydrogen-bond acceptors (Lipinski definition) is 8. The average molecular weight is 393 g/mol. The Labute approximate surface area is 156 Å². The third kappa shape index (κ3) is 7.52. The average Bonchev–Trinajstić information content (AvgIpc) is 2.53. The van der Waals surface area contributed by atoms with E-state index in [0.29, 0.717) is 24.6 Å². The minimum absolute atomic E-state index is 0.251. The first-order valence-electron chi connectivity index (χ1n) is 8.78. The molecule has 0 radical (unpaired) electrons. The van der Waals surface area contributed by atoms with Crippen LogP contribution in [0.3, 0.4) is 0 Å². The van der Waals surface area contributed by atoms with E-state index in [0.717, 1.165) is 12.1 Å². The lowest BCUT2D eigenvalue weighted by molar-refractivity contribution is 0.304. The number of aromatic nitrogens is 6. The van der Waals surface area contributed by atoms with Crippen LogP contribution in [-0.4, -0.2) is 59.7 Å². The summed E-state index contributed by atoms with van der Waals surface area (Å²) in [5.41, 5.74) is 1.07. The molecule has 0 amide bonds. The summed E-state index contributed by atoms with van der Waals surface area (Å²) < 4.78 is 11.3. The molecular weight excluding hydrogens is 364 g/mol. The molecule has 0 N–H and O–H groups in total. The van der Waals surface area contributed by atoms with E-state index in [2.05, 4.69) is 69.6 Å². The van der Waals surface area contributed by atoms with E-state index in [-0.39, 0.29) is 12.0 Å². The molecule has 0 aliphatic heterocycles. The highest BCUT2D eigenvalue weighted by Gasteiger charge is 2.15. The van der Waals surface area contributed by atoms with Crippen molar-refractivity contribution in [2.75, 3.05) is 13.2 Å². The molecule has 8 nitrogen and oxygen atoms in total. The maximum absolute atomic E-state index is 5.64. The van der Waals surface area contributed by atoms with Crippen LogP contribution in [0.4, 0.5) is 0 Å². The van der Waals surface area contributed by atoms with Gasteiger partial charge in [-0.05, 0) is 12.1 Å². The van der Waals surface area contributed by atoms with Gasteiger partial charge in [0.1, 0.15) is 11.4 Å².